The zero-order valence-corrected chi connectivity index (χ0v) is 12.7. The summed E-state index contributed by atoms with van der Waals surface area (Å²) < 4.78 is 7.36. The molecule has 0 saturated carbocycles. The molecule has 1 atom stereocenters. The molecular formula is C13H22N4O4. The standard InChI is InChI=1S/C13H22N4O4/c1-10-14-6-12(17(19)20)16(10)5-4-15-7-11(8-18)21-13(2,3)9-15/h6,11,18H,4-5,7-9H2,1-3H3. The van der Waals surface area contributed by atoms with Crippen molar-refractivity contribution in [3.63, 3.8) is 0 Å². The quantitative estimate of drug-likeness (QED) is 0.631. The van der Waals surface area contributed by atoms with Crippen LogP contribution in [0.2, 0.25) is 0 Å². The van der Waals surface area contributed by atoms with Crippen LogP contribution in [0, 0.1) is 17.0 Å². The topological polar surface area (TPSA) is 93.7 Å². The smallest absolute Gasteiger partial charge is 0.342 e. The van der Waals surface area contributed by atoms with Crippen LogP contribution in [-0.4, -0.2) is 62.4 Å². The summed E-state index contributed by atoms with van der Waals surface area (Å²) in [4.78, 5) is 16.7. The summed E-state index contributed by atoms with van der Waals surface area (Å²) in [6.45, 7) is 8.20. The second-order valence-corrected chi connectivity index (χ2v) is 5.99. The maximum absolute atomic E-state index is 11.0. The van der Waals surface area contributed by atoms with Gasteiger partial charge >= 0.3 is 5.82 Å². The molecule has 8 nitrogen and oxygen atoms in total. The van der Waals surface area contributed by atoms with Crippen LogP contribution in [-0.2, 0) is 11.3 Å². The maximum Gasteiger partial charge on any atom is 0.342 e. The van der Waals surface area contributed by atoms with Gasteiger partial charge in [0, 0.05) is 26.6 Å². The van der Waals surface area contributed by atoms with Crippen LogP contribution in [0.1, 0.15) is 19.7 Å². The minimum Gasteiger partial charge on any atom is -0.394 e. The lowest BCUT2D eigenvalue weighted by Crippen LogP contribution is -2.54. The van der Waals surface area contributed by atoms with E-state index in [2.05, 4.69) is 9.88 Å². The number of nitrogens with zero attached hydrogens (tertiary/aromatic N) is 4. The first-order valence-electron chi connectivity index (χ1n) is 7.00. The highest BCUT2D eigenvalue weighted by atomic mass is 16.6. The van der Waals surface area contributed by atoms with Crippen molar-refractivity contribution in [3.05, 3.63) is 22.1 Å². The fourth-order valence-electron chi connectivity index (χ4n) is 2.80. The minimum atomic E-state index is -0.417. The molecule has 1 aliphatic heterocycles. The van der Waals surface area contributed by atoms with Gasteiger partial charge in [0.05, 0.1) is 18.3 Å². The van der Waals surface area contributed by atoms with Crippen LogP contribution < -0.4 is 0 Å². The summed E-state index contributed by atoms with van der Waals surface area (Å²) in [5.41, 5.74) is -0.332. The number of rotatable bonds is 5. The van der Waals surface area contributed by atoms with Gasteiger partial charge in [0.25, 0.3) is 0 Å². The van der Waals surface area contributed by atoms with E-state index in [4.69, 9.17) is 4.74 Å². The number of morpholine rings is 1. The van der Waals surface area contributed by atoms with Gasteiger partial charge in [-0.2, -0.15) is 0 Å². The van der Waals surface area contributed by atoms with Crippen LogP contribution in [0.15, 0.2) is 6.20 Å². The van der Waals surface area contributed by atoms with Crippen LogP contribution in [0.3, 0.4) is 0 Å². The van der Waals surface area contributed by atoms with E-state index in [1.165, 1.54) is 6.20 Å². The molecule has 1 aromatic rings. The highest BCUT2D eigenvalue weighted by molar-refractivity contribution is 5.18. The lowest BCUT2D eigenvalue weighted by molar-refractivity contribution is -0.392. The Balaban J connectivity index is 2.02. The Morgan fingerprint density at radius 3 is 2.90 bits per heavy atom. The molecular weight excluding hydrogens is 276 g/mol. The Bertz CT molecular complexity index is 514. The van der Waals surface area contributed by atoms with E-state index in [-0.39, 0.29) is 24.1 Å². The molecule has 0 aliphatic carbocycles. The fourth-order valence-corrected chi connectivity index (χ4v) is 2.80. The predicted octanol–water partition coefficient (Wildman–Crippen LogP) is 0.571. The number of imidazole rings is 1. The normalized spacial score (nSPS) is 22.4. The van der Waals surface area contributed by atoms with Gasteiger partial charge < -0.3 is 20.0 Å². The summed E-state index contributed by atoms with van der Waals surface area (Å²) >= 11 is 0. The Labute approximate surface area is 123 Å². The lowest BCUT2D eigenvalue weighted by Gasteiger charge is -2.42. The van der Waals surface area contributed by atoms with E-state index >= 15 is 0 Å². The Morgan fingerprint density at radius 2 is 2.29 bits per heavy atom. The average Bonchev–Trinajstić information content (AvgIpc) is 2.76. The molecule has 2 heterocycles. The highest BCUT2D eigenvalue weighted by Crippen LogP contribution is 2.21. The largest absolute Gasteiger partial charge is 0.394 e. The summed E-state index contributed by atoms with van der Waals surface area (Å²) in [6.07, 6.45) is 1.07. The van der Waals surface area contributed by atoms with E-state index in [9.17, 15) is 15.2 Å². The van der Waals surface area contributed by atoms with Gasteiger partial charge in [-0.25, -0.2) is 9.55 Å². The average molecular weight is 298 g/mol. The van der Waals surface area contributed by atoms with Gasteiger partial charge in [0.1, 0.15) is 12.7 Å². The molecule has 8 heteroatoms. The molecule has 1 fully saturated rings. The van der Waals surface area contributed by atoms with Crippen LogP contribution in [0.5, 0.6) is 0 Å². The Morgan fingerprint density at radius 1 is 1.57 bits per heavy atom. The first kappa shape index (κ1) is 15.9. The van der Waals surface area contributed by atoms with Gasteiger partial charge in [0.15, 0.2) is 5.82 Å². The van der Waals surface area contributed by atoms with Crippen LogP contribution in [0.25, 0.3) is 0 Å². The fraction of sp³-hybridized carbons (Fsp3) is 0.769. The maximum atomic E-state index is 11.0. The van der Waals surface area contributed by atoms with Crippen molar-refractivity contribution >= 4 is 5.82 Å². The summed E-state index contributed by atoms with van der Waals surface area (Å²) in [6, 6.07) is 0. The van der Waals surface area contributed by atoms with E-state index in [0.29, 0.717) is 25.5 Å². The van der Waals surface area contributed by atoms with Crippen molar-refractivity contribution in [2.24, 2.45) is 0 Å². The second kappa shape index (κ2) is 6.08. The van der Waals surface area contributed by atoms with Crippen molar-refractivity contribution in [1.29, 1.82) is 0 Å². The predicted molar refractivity (Wildman–Crippen MR) is 76.1 cm³/mol. The molecule has 118 valence electrons. The van der Waals surface area contributed by atoms with Gasteiger partial charge in [-0.05, 0) is 18.8 Å². The molecule has 1 saturated heterocycles. The summed E-state index contributed by atoms with van der Waals surface area (Å²) in [5, 5.41) is 20.3. The number of aliphatic hydroxyl groups is 1. The molecule has 1 N–H and O–H groups in total. The minimum absolute atomic E-state index is 0.0127. The SMILES string of the molecule is Cc1ncc([N+](=O)[O-])n1CCN1CC(CO)OC(C)(C)C1. The third-order valence-electron chi connectivity index (χ3n) is 3.62. The number of aliphatic hydroxyl groups excluding tert-OH is 1. The molecule has 0 radical (unpaired) electrons. The number of aryl methyl sites for hydroxylation is 1. The Kier molecular flexibility index (Phi) is 4.60. The molecule has 21 heavy (non-hydrogen) atoms. The summed E-state index contributed by atoms with van der Waals surface area (Å²) in [7, 11) is 0. The van der Waals surface area contributed by atoms with Gasteiger partial charge in [0.2, 0.25) is 0 Å². The van der Waals surface area contributed by atoms with Crippen LogP contribution >= 0.6 is 0 Å². The monoisotopic (exact) mass is 298 g/mol. The van der Waals surface area contributed by atoms with E-state index in [1.54, 1.807) is 11.5 Å². The first-order chi connectivity index (χ1) is 9.82. The van der Waals surface area contributed by atoms with E-state index < -0.39 is 4.92 Å². The zero-order valence-electron chi connectivity index (χ0n) is 12.7. The van der Waals surface area contributed by atoms with Gasteiger partial charge in [-0.1, -0.05) is 0 Å². The lowest BCUT2D eigenvalue weighted by atomic mass is 10.1. The van der Waals surface area contributed by atoms with Crippen LogP contribution in [0.4, 0.5) is 5.82 Å². The number of hydrogen-bond donors (Lipinski definition) is 1. The number of hydrogen-bond acceptors (Lipinski definition) is 6. The van der Waals surface area contributed by atoms with E-state index in [0.717, 1.165) is 6.54 Å². The third kappa shape index (κ3) is 3.78. The summed E-state index contributed by atoms with van der Waals surface area (Å²) in [5.74, 6) is 0.645. The number of ether oxygens (including phenoxy) is 1. The molecule has 0 bridgehead atoms. The highest BCUT2D eigenvalue weighted by Gasteiger charge is 2.33. The Hall–Kier alpha value is -1.51. The molecule has 0 amide bonds. The molecule has 1 aliphatic rings. The second-order valence-electron chi connectivity index (χ2n) is 5.99. The van der Waals surface area contributed by atoms with Crippen molar-refractivity contribution in [1.82, 2.24) is 14.5 Å². The molecule has 1 aromatic heterocycles. The van der Waals surface area contributed by atoms with Crippen molar-refractivity contribution in [3.8, 4) is 0 Å². The van der Waals surface area contributed by atoms with Crippen molar-refractivity contribution in [2.45, 2.75) is 39.0 Å². The molecule has 2 rings (SSSR count). The molecule has 0 spiro atoms. The van der Waals surface area contributed by atoms with Gasteiger partial charge in [-0.15, -0.1) is 0 Å². The number of aromatic nitrogens is 2. The molecule has 1 unspecified atom stereocenters. The number of nitro groups is 1. The third-order valence-corrected chi connectivity index (χ3v) is 3.62. The van der Waals surface area contributed by atoms with Crippen molar-refractivity contribution in [2.75, 3.05) is 26.2 Å². The first-order valence-corrected chi connectivity index (χ1v) is 7.00. The van der Waals surface area contributed by atoms with E-state index in [1.807, 2.05) is 13.8 Å². The van der Waals surface area contributed by atoms with Crippen molar-refractivity contribution < 1.29 is 14.8 Å². The molecule has 0 aromatic carbocycles. The zero-order chi connectivity index (χ0) is 15.6. The van der Waals surface area contributed by atoms with Gasteiger partial charge in [-0.3, -0.25) is 4.90 Å².